The van der Waals surface area contributed by atoms with Crippen molar-refractivity contribution in [3.05, 3.63) is 29.8 Å². The molecule has 0 spiro atoms. The molecule has 0 aromatic heterocycles. The van der Waals surface area contributed by atoms with E-state index >= 15 is 0 Å². The van der Waals surface area contributed by atoms with E-state index in [0.717, 1.165) is 31.4 Å². The maximum Gasteiger partial charge on any atom is 0.119 e. The Morgan fingerprint density at radius 2 is 1.88 bits per heavy atom. The summed E-state index contributed by atoms with van der Waals surface area (Å²) in [6.45, 7) is 3.89. The van der Waals surface area contributed by atoms with Crippen molar-refractivity contribution in [1.82, 2.24) is 5.32 Å². The summed E-state index contributed by atoms with van der Waals surface area (Å²) < 4.78 is 5.70. The topological polar surface area (TPSA) is 21.3 Å². The fraction of sp³-hybridized carbons (Fsp3) is 0.600. The zero-order valence-corrected chi connectivity index (χ0v) is 10.7. The van der Waals surface area contributed by atoms with Crippen LogP contribution in [0.4, 0.5) is 0 Å². The van der Waals surface area contributed by atoms with Gasteiger partial charge in [0.25, 0.3) is 0 Å². The molecule has 0 unspecified atom stereocenters. The predicted octanol–water partition coefficient (Wildman–Crippen LogP) is 3.16. The van der Waals surface area contributed by atoms with Crippen molar-refractivity contribution in [2.24, 2.45) is 0 Å². The summed E-state index contributed by atoms with van der Waals surface area (Å²) >= 11 is 0. The van der Waals surface area contributed by atoms with Gasteiger partial charge >= 0.3 is 0 Å². The standard InChI is InChI=1S/C15H23NO/c1-2-13-7-9-15(10-8-13)17-12-11-16-14-5-3-4-6-14/h7-10,14,16H,2-6,11-12H2,1H3. The summed E-state index contributed by atoms with van der Waals surface area (Å²) in [7, 11) is 0. The van der Waals surface area contributed by atoms with Crippen molar-refractivity contribution in [2.45, 2.75) is 45.1 Å². The van der Waals surface area contributed by atoms with Crippen LogP contribution < -0.4 is 10.1 Å². The van der Waals surface area contributed by atoms with Gasteiger partial charge in [-0.2, -0.15) is 0 Å². The maximum atomic E-state index is 5.70. The minimum absolute atomic E-state index is 0.737. The first-order chi connectivity index (χ1) is 8.38. The highest BCUT2D eigenvalue weighted by atomic mass is 16.5. The van der Waals surface area contributed by atoms with Gasteiger partial charge < -0.3 is 10.1 Å². The Kier molecular flexibility index (Phi) is 4.87. The van der Waals surface area contributed by atoms with E-state index in [2.05, 4.69) is 36.5 Å². The number of rotatable bonds is 6. The van der Waals surface area contributed by atoms with Crippen LogP contribution in [0.1, 0.15) is 38.2 Å². The van der Waals surface area contributed by atoms with E-state index in [4.69, 9.17) is 4.74 Å². The molecule has 2 nitrogen and oxygen atoms in total. The van der Waals surface area contributed by atoms with Gasteiger partial charge in [-0.25, -0.2) is 0 Å². The quantitative estimate of drug-likeness (QED) is 0.762. The van der Waals surface area contributed by atoms with Gasteiger partial charge in [0.05, 0.1) is 0 Å². The van der Waals surface area contributed by atoms with Crippen LogP contribution >= 0.6 is 0 Å². The second-order valence-electron chi connectivity index (χ2n) is 4.78. The van der Waals surface area contributed by atoms with Gasteiger partial charge in [-0.3, -0.25) is 0 Å². The second kappa shape index (κ2) is 6.65. The number of ether oxygens (including phenoxy) is 1. The smallest absolute Gasteiger partial charge is 0.119 e. The van der Waals surface area contributed by atoms with Gasteiger partial charge in [0, 0.05) is 12.6 Å². The molecule has 1 N–H and O–H groups in total. The average Bonchev–Trinajstić information content (AvgIpc) is 2.88. The molecule has 1 fully saturated rings. The van der Waals surface area contributed by atoms with Crippen LogP contribution in [0.5, 0.6) is 5.75 Å². The van der Waals surface area contributed by atoms with Crippen molar-refractivity contribution >= 4 is 0 Å². The zero-order chi connectivity index (χ0) is 11.9. The van der Waals surface area contributed by atoms with Crippen molar-refractivity contribution in [3.63, 3.8) is 0 Å². The lowest BCUT2D eigenvalue weighted by Gasteiger charge is -2.12. The Hall–Kier alpha value is -1.02. The third-order valence-corrected chi connectivity index (χ3v) is 3.49. The average molecular weight is 233 g/mol. The van der Waals surface area contributed by atoms with Gasteiger partial charge in [-0.05, 0) is 37.0 Å². The van der Waals surface area contributed by atoms with Gasteiger partial charge in [0.15, 0.2) is 0 Å². The van der Waals surface area contributed by atoms with Crippen LogP contribution in [-0.4, -0.2) is 19.2 Å². The molecule has 2 rings (SSSR count). The summed E-state index contributed by atoms with van der Waals surface area (Å²) in [6, 6.07) is 9.14. The first kappa shape index (κ1) is 12.4. The minimum Gasteiger partial charge on any atom is -0.492 e. The van der Waals surface area contributed by atoms with Gasteiger partial charge in [0.1, 0.15) is 12.4 Å². The van der Waals surface area contributed by atoms with E-state index < -0.39 is 0 Å². The molecule has 1 aromatic rings. The fourth-order valence-electron chi connectivity index (χ4n) is 2.38. The van der Waals surface area contributed by atoms with E-state index in [-0.39, 0.29) is 0 Å². The normalized spacial score (nSPS) is 16.3. The molecule has 0 amide bonds. The molecule has 1 aliphatic rings. The molecular formula is C15H23NO. The highest BCUT2D eigenvalue weighted by Crippen LogP contribution is 2.17. The van der Waals surface area contributed by atoms with Crippen LogP contribution in [0.15, 0.2) is 24.3 Å². The molecular weight excluding hydrogens is 210 g/mol. The summed E-state index contributed by atoms with van der Waals surface area (Å²) in [5, 5.41) is 3.55. The summed E-state index contributed by atoms with van der Waals surface area (Å²) in [5.74, 6) is 0.982. The van der Waals surface area contributed by atoms with Crippen molar-refractivity contribution in [1.29, 1.82) is 0 Å². The summed E-state index contributed by atoms with van der Waals surface area (Å²) in [4.78, 5) is 0. The Bertz CT molecular complexity index is 314. The molecule has 0 saturated heterocycles. The number of hydrogen-bond donors (Lipinski definition) is 1. The largest absolute Gasteiger partial charge is 0.492 e. The molecule has 94 valence electrons. The highest BCUT2D eigenvalue weighted by Gasteiger charge is 2.13. The van der Waals surface area contributed by atoms with E-state index in [1.54, 1.807) is 0 Å². The predicted molar refractivity (Wildman–Crippen MR) is 71.6 cm³/mol. The molecule has 0 radical (unpaired) electrons. The fourth-order valence-corrected chi connectivity index (χ4v) is 2.38. The first-order valence-corrected chi connectivity index (χ1v) is 6.83. The minimum atomic E-state index is 0.737. The van der Waals surface area contributed by atoms with E-state index in [1.807, 2.05) is 0 Å². The van der Waals surface area contributed by atoms with E-state index in [1.165, 1.54) is 31.2 Å². The summed E-state index contributed by atoms with van der Waals surface area (Å²) in [5.41, 5.74) is 1.36. The lowest BCUT2D eigenvalue weighted by atomic mass is 10.2. The SMILES string of the molecule is CCc1ccc(OCCNC2CCCC2)cc1. The molecule has 0 bridgehead atoms. The van der Waals surface area contributed by atoms with Crippen molar-refractivity contribution in [3.8, 4) is 5.75 Å². The zero-order valence-electron chi connectivity index (χ0n) is 10.7. The van der Waals surface area contributed by atoms with Crippen LogP contribution in [0.2, 0.25) is 0 Å². The molecule has 1 aliphatic carbocycles. The molecule has 0 heterocycles. The lowest BCUT2D eigenvalue weighted by Crippen LogP contribution is -2.30. The van der Waals surface area contributed by atoms with Gasteiger partial charge in [0.2, 0.25) is 0 Å². The van der Waals surface area contributed by atoms with Gasteiger partial charge in [-0.15, -0.1) is 0 Å². The highest BCUT2D eigenvalue weighted by molar-refractivity contribution is 5.27. The Morgan fingerprint density at radius 3 is 2.53 bits per heavy atom. The van der Waals surface area contributed by atoms with Crippen LogP contribution in [0.25, 0.3) is 0 Å². The molecule has 1 aromatic carbocycles. The third-order valence-electron chi connectivity index (χ3n) is 3.49. The molecule has 2 heteroatoms. The first-order valence-electron chi connectivity index (χ1n) is 6.83. The molecule has 0 aliphatic heterocycles. The Morgan fingerprint density at radius 1 is 1.18 bits per heavy atom. The van der Waals surface area contributed by atoms with Crippen LogP contribution in [0, 0.1) is 0 Å². The number of benzene rings is 1. The van der Waals surface area contributed by atoms with Crippen LogP contribution in [0.3, 0.4) is 0 Å². The lowest BCUT2D eigenvalue weighted by molar-refractivity contribution is 0.305. The Balaban J connectivity index is 1.63. The third kappa shape index (κ3) is 4.04. The van der Waals surface area contributed by atoms with E-state index in [9.17, 15) is 0 Å². The molecule has 1 saturated carbocycles. The molecule has 17 heavy (non-hydrogen) atoms. The second-order valence-corrected chi connectivity index (χ2v) is 4.78. The van der Waals surface area contributed by atoms with E-state index in [0.29, 0.717) is 0 Å². The number of hydrogen-bond acceptors (Lipinski definition) is 2. The Labute approximate surface area is 104 Å². The van der Waals surface area contributed by atoms with Crippen molar-refractivity contribution < 1.29 is 4.74 Å². The monoisotopic (exact) mass is 233 g/mol. The maximum absolute atomic E-state index is 5.70. The molecule has 0 atom stereocenters. The van der Waals surface area contributed by atoms with Crippen molar-refractivity contribution in [2.75, 3.05) is 13.2 Å². The number of aryl methyl sites for hydroxylation is 1. The van der Waals surface area contributed by atoms with Crippen LogP contribution in [-0.2, 0) is 6.42 Å². The van der Waals surface area contributed by atoms with Gasteiger partial charge in [-0.1, -0.05) is 31.9 Å². The summed E-state index contributed by atoms with van der Waals surface area (Å²) in [6.07, 6.45) is 6.54. The number of nitrogens with one attached hydrogen (secondary N) is 1.